The van der Waals surface area contributed by atoms with E-state index in [9.17, 15) is 20.0 Å². The van der Waals surface area contributed by atoms with Gasteiger partial charge in [-0.15, -0.1) is 11.8 Å². The number of hydrogen-bond acceptors (Lipinski definition) is 5. The van der Waals surface area contributed by atoms with E-state index >= 15 is 0 Å². The average molecular weight is 310 g/mol. The first-order valence-corrected chi connectivity index (χ1v) is 7.73. The Kier molecular flexibility index (Phi) is 5.19. The fourth-order valence-electron chi connectivity index (χ4n) is 2.26. The number of carbonyl (C=O) groups excluding carboxylic acids is 1. The Morgan fingerprint density at radius 1 is 1.43 bits per heavy atom. The van der Waals surface area contributed by atoms with Gasteiger partial charge in [-0.3, -0.25) is 14.9 Å². The first kappa shape index (κ1) is 15.8. The minimum atomic E-state index is -0.444. The lowest BCUT2D eigenvalue weighted by Gasteiger charge is -2.34. The Bertz CT molecular complexity index is 514. The van der Waals surface area contributed by atoms with Gasteiger partial charge < -0.3 is 10.0 Å². The first-order chi connectivity index (χ1) is 9.95. The van der Waals surface area contributed by atoms with Crippen LogP contribution in [-0.4, -0.2) is 46.3 Å². The van der Waals surface area contributed by atoms with E-state index < -0.39 is 4.92 Å². The smallest absolute Gasteiger partial charge is 0.269 e. The molecule has 114 valence electrons. The topological polar surface area (TPSA) is 83.7 Å². The van der Waals surface area contributed by atoms with Crippen molar-refractivity contribution in [2.24, 2.45) is 5.92 Å². The van der Waals surface area contributed by atoms with E-state index in [1.807, 2.05) is 0 Å². The summed E-state index contributed by atoms with van der Waals surface area (Å²) in [5, 5.41) is 19.8. The summed E-state index contributed by atoms with van der Waals surface area (Å²) in [6.07, 6.45) is 1.34. The molecule has 1 aromatic rings. The summed E-state index contributed by atoms with van der Waals surface area (Å²) in [5.41, 5.74) is 0.0475. The molecule has 0 bridgehead atoms. The van der Waals surface area contributed by atoms with Crippen molar-refractivity contribution in [2.45, 2.75) is 23.8 Å². The fraction of sp³-hybridized carbons (Fsp3) is 0.500. The van der Waals surface area contributed by atoms with Crippen LogP contribution in [0.25, 0.3) is 0 Å². The highest BCUT2D eigenvalue weighted by molar-refractivity contribution is 8.00. The zero-order chi connectivity index (χ0) is 15.4. The van der Waals surface area contributed by atoms with Gasteiger partial charge in [0.15, 0.2) is 0 Å². The highest BCUT2D eigenvalue weighted by Crippen LogP contribution is 2.28. The van der Waals surface area contributed by atoms with Crippen molar-refractivity contribution in [3.63, 3.8) is 0 Å². The lowest BCUT2D eigenvalue weighted by molar-refractivity contribution is -0.384. The molecule has 0 aliphatic heterocycles. The highest BCUT2D eigenvalue weighted by atomic mass is 32.2. The molecule has 1 aliphatic rings. The Labute approximate surface area is 127 Å². The van der Waals surface area contributed by atoms with Gasteiger partial charge in [0, 0.05) is 30.6 Å². The molecule has 2 rings (SSSR count). The zero-order valence-electron chi connectivity index (χ0n) is 11.8. The van der Waals surface area contributed by atoms with E-state index in [1.54, 1.807) is 24.1 Å². The van der Waals surface area contributed by atoms with Gasteiger partial charge in [-0.2, -0.15) is 0 Å². The average Bonchev–Trinajstić information content (AvgIpc) is 2.43. The van der Waals surface area contributed by atoms with Gasteiger partial charge in [0.1, 0.15) is 0 Å². The van der Waals surface area contributed by atoms with Crippen LogP contribution >= 0.6 is 11.8 Å². The number of hydrogen-bond donors (Lipinski definition) is 1. The molecule has 1 saturated carbocycles. The maximum atomic E-state index is 12.0. The number of amides is 1. The molecule has 1 aromatic carbocycles. The number of carbonyl (C=O) groups is 1. The molecule has 0 saturated heterocycles. The molecule has 0 atom stereocenters. The zero-order valence-corrected chi connectivity index (χ0v) is 12.6. The lowest BCUT2D eigenvalue weighted by atomic mass is 9.82. The van der Waals surface area contributed by atoms with Crippen LogP contribution in [0.1, 0.15) is 12.8 Å². The van der Waals surface area contributed by atoms with E-state index in [0.29, 0.717) is 18.2 Å². The summed E-state index contributed by atoms with van der Waals surface area (Å²) in [5.74, 6) is 0.738. The minimum absolute atomic E-state index is 0.0275. The summed E-state index contributed by atoms with van der Waals surface area (Å²) in [7, 11) is 1.77. The Balaban J connectivity index is 1.76. The summed E-state index contributed by atoms with van der Waals surface area (Å²) in [4.78, 5) is 24.6. The third-order valence-electron chi connectivity index (χ3n) is 3.58. The minimum Gasteiger partial charge on any atom is -0.393 e. The maximum Gasteiger partial charge on any atom is 0.269 e. The van der Waals surface area contributed by atoms with Crippen molar-refractivity contribution in [1.29, 1.82) is 0 Å². The molecular formula is C14H18N2O4S. The van der Waals surface area contributed by atoms with Gasteiger partial charge in [0.2, 0.25) is 5.91 Å². The van der Waals surface area contributed by atoms with Crippen molar-refractivity contribution in [1.82, 2.24) is 4.90 Å². The number of thioether (sulfide) groups is 1. The number of aliphatic hydroxyl groups is 1. The second-order valence-electron chi connectivity index (χ2n) is 5.31. The highest BCUT2D eigenvalue weighted by Gasteiger charge is 2.28. The summed E-state index contributed by atoms with van der Waals surface area (Å²) in [6, 6.07) is 6.18. The number of benzene rings is 1. The number of nitrogens with zero attached hydrogens (tertiary/aromatic N) is 2. The molecule has 7 heteroatoms. The summed E-state index contributed by atoms with van der Waals surface area (Å²) in [6.45, 7) is 0.677. The molecule has 0 heterocycles. The van der Waals surface area contributed by atoms with Gasteiger partial charge in [-0.25, -0.2) is 0 Å². The van der Waals surface area contributed by atoms with Gasteiger partial charge in [-0.05, 0) is 30.9 Å². The van der Waals surface area contributed by atoms with Gasteiger partial charge in [0.25, 0.3) is 5.69 Å². The molecule has 21 heavy (non-hydrogen) atoms. The van der Waals surface area contributed by atoms with Gasteiger partial charge in [-0.1, -0.05) is 0 Å². The van der Waals surface area contributed by atoms with Crippen LogP contribution in [0.3, 0.4) is 0 Å². The number of nitro groups is 1. The molecule has 0 spiro atoms. The van der Waals surface area contributed by atoms with Crippen LogP contribution in [0.15, 0.2) is 29.2 Å². The van der Waals surface area contributed by atoms with Gasteiger partial charge in [0.05, 0.1) is 16.8 Å². The second kappa shape index (κ2) is 6.91. The van der Waals surface area contributed by atoms with Crippen LogP contribution in [0.4, 0.5) is 5.69 Å². The molecule has 0 unspecified atom stereocenters. The first-order valence-electron chi connectivity index (χ1n) is 6.75. The van der Waals surface area contributed by atoms with Crippen molar-refractivity contribution in [2.75, 3.05) is 19.3 Å². The SMILES string of the molecule is CN(CC1CC(O)C1)C(=O)CSc1ccc([N+](=O)[O-])cc1. The largest absolute Gasteiger partial charge is 0.393 e. The van der Waals surface area contributed by atoms with Crippen molar-refractivity contribution >= 4 is 23.4 Å². The summed E-state index contributed by atoms with van der Waals surface area (Å²) < 4.78 is 0. The second-order valence-corrected chi connectivity index (χ2v) is 6.35. The van der Waals surface area contributed by atoms with Crippen LogP contribution in [0.2, 0.25) is 0 Å². The van der Waals surface area contributed by atoms with E-state index in [4.69, 9.17) is 0 Å². The number of non-ortho nitro benzene ring substituents is 1. The molecule has 1 N–H and O–H groups in total. The normalized spacial score (nSPS) is 20.7. The van der Waals surface area contributed by atoms with Crippen LogP contribution in [-0.2, 0) is 4.79 Å². The van der Waals surface area contributed by atoms with Crippen molar-refractivity contribution in [3.8, 4) is 0 Å². The fourth-order valence-corrected chi connectivity index (χ4v) is 3.10. The lowest BCUT2D eigenvalue weighted by Crippen LogP contribution is -2.40. The molecule has 0 aromatic heterocycles. The van der Waals surface area contributed by atoms with E-state index in [2.05, 4.69) is 0 Å². The van der Waals surface area contributed by atoms with E-state index in [0.717, 1.165) is 17.7 Å². The third-order valence-corrected chi connectivity index (χ3v) is 4.58. The quantitative estimate of drug-likeness (QED) is 0.493. The van der Waals surface area contributed by atoms with Crippen molar-refractivity contribution < 1.29 is 14.8 Å². The molecule has 1 fully saturated rings. The third kappa shape index (κ3) is 4.44. The van der Waals surface area contributed by atoms with Crippen LogP contribution in [0, 0.1) is 16.0 Å². The van der Waals surface area contributed by atoms with Gasteiger partial charge >= 0.3 is 0 Å². The predicted octanol–water partition coefficient (Wildman–Crippen LogP) is 1.92. The number of rotatable bonds is 6. The maximum absolute atomic E-state index is 12.0. The monoisotopic (exact) mass is 310 g/mol. The van der Waals surface area contributed by atoms with Crippen molar-refractivity contribution in [3.05, 3.63) is 34.4 Å². The Morgan fingerprint density at radius 2 is 2.05 bits per heavy atom. The number of nitro benzene ring substituents is 1. The Morgan fingerprint density at radius 3 is 2.57 bits per heavy atom. The van der Waals surface area contributed by atoms with Crippen LogP contribution in [0.5, 0.6) is 0 Å². The molecular weight excluding hydrogens is 292 g/mol. The molecule has 6 nitrogen and oxygen atoms in total. The predicted molar refractivity (Wildman–Crippen MR) is 80.2 cm³/mol. The molecule has 1 aliphatic carbocycles. The van der Waals surface area contributed by atoms with Crippen LogP contribution < -0.4 is 0 Å². The van der Waals surface area contributed by atoms with E-state index in [-0.39, 0.29) is 17.7 Å². The summed E-state index contributed by atoms with van der Waals surface area (Å²) >= 11 is 1.37. The standard InChI is InChI=1S/C14H18N2O4S/c1-15(8-10-6-12(17)7-10)14(18)9-21-13-4-2-11(3-5-13)16(19)20/h2-5,10,12,17H,6-9H2,1H3. The molecule has 1 amide bonds. The Hall–Kier alpha value is -1.60. The number of aliphatic hydroxyl groups excluding tert-OH is 1. The molecule has 0 radical (unpaired) electrons. The van der Waals surface area contributed by atoms with E-state index in [1.165, 1.54) is 23.9 Å².